The fraction of sp³-hybridized carbons (Fsp3) is 0.600. The standard InChI is InChI=1S/C5H9NO3/c1-4(9)6-5(2-7)3-8/h2,5,8H,3H2,1H3,(H,6,9)/t5-/m1/s1. The molecule has 0 rings (SSSR count). The number of carbonyl (C=O) groups excluding carboxylic acids is 2. The molecule has 2 N–H and O–H groups in total. The van der Waals surface area contributed by atoms with Crippen LogP contribution in [0.5, 0.6) is 0 Å². The quantitative estimate of drug-likeness (QED) is 0.467. The highest BCUT2D eigenvalue weighted by atomic mass is 16.3. The normalized spacial score (nSPS) is 12.2. The van der Waals surface area contributed by atoms with Crippen LogP contribution in [0.15, 0.2) is 0 Å². The van der Waals surface area contributed by atoms with E-state index in [0.717, 1.165) is 0 Å². The van der Waals surface area contributed by atoms with Gasteiger partial charge in [0.15, 0.2) is 0 Å². The molecule has 4 heteroatoms. The molecule has 0 aromatic rings. The van der Waals surface area contributed by atoms with E-state index in [2.05, 4.69) is 5.32 Å². The van der Waals surface area contributed by atoms with Crippen molar-refractivity contribution in [1.82, 2.24) is 5.32 Å². The van der Waals surface area contributed by atoms with E-state index in [0.29, 0.717) is 6.29 Å². The van der Waals surface area contributed by atoms with Crippen LogP contribution in [0, 0.1) is 0 Å². The lowest BCUT2D eigenvalue weighted by Crippen LogP contribution is -2.36. The molecule has 0 aromatic heterocycles. The van der Waals surface area contributed by atoms with Crippen molar-refractivity contribution >= 4 is 12.2 Å². The number of aldehydes is 1. The van der Waals surface area contributed by atoms with Crippen molar-refractivity contribution in [3.8, 4) is 0 Å². The molecule has 1 amide bonds. The number of hydrogen-bond acceptors (Lipinski definition) is 3. The monoisotopic (exact) mass is 131 g/mol. The first kappa shape index (κ1) is 8.10. The lowest BCUT2D eigenvalue weighted by atomic mass is 10.3. The van der Waals surface area contributed by atoms with Crippen molar-refractivity contribution in [3.05, 3.63) is 0 Å². The zero-order valence-corrected chi connectivity index (χ0v) is 5.13. The van der Waals surface area contributed by atoms with Crippen LogP contribution in [0.2, 0.25) is 0 Å². The van der Waals surface area contributed by atoms with Gasteiger partial charge in [0.1, 0.15) is 12.3 Å². The molecule has 0 radical (unpaired) electrons. The van der Waals surface area contributed by atoms with Crippen molar-refractivity contribution in [3.63, 3.8) is 0 Å². The fourth-order valence-corrected chi connectivity index (χ4v) is 0.384. The fourth-order valence-electron chi connectivity index (χ4n) is 0.384. The summed E-state index contributed by atoms with van der Waals surface area (Å²) < 4.78 is 0. The van der Waals surface area contributed by atoms with Gasteiger partial charge in [-0.3, -0.25) is 4.79 Å². The molecule has 1 atom stereocenters. The predicted molar refractivity (Wildman–Crippen MR) is 30.8 cm³/mol. The predicted octanol–water partition coefficient (Wildman–Crippen LogP) is -1.32. The van der Waals surface area contributed by atoms with Crippen LogP contribution in [0.4, 0.5) is 0 Å². The second-order valence-electron chi connectivity index (χ2n) is 1.63. The molecule has 0 aliphatic heterocycles. The Morgan fingerprint density at radius 2 is 2.44 bits per heavy atom. The van der Waals surface area contributed by atoms with Crippen molar-refractivity contribution in [2.45, 2.75) is 13.0 Å². The third-order valence-corrected chi connectivity index (χ3v) is 0.750. The van der Waals surface area contributed by atoms with Gasteiger partial charge in [-0.25, -0.2) is 0 Å². The van der Waals surface area contributed by atoms with Crippen LogP contribution in [0.3, 0.4) is 0 Å². The van der Waals surface area contributed by atoms with Gasteiger partial charge in [-0.15, -0.1) is 0 Å². The highest BCUT2D eigenvalue weighted by molar-refractivity contribution is 5.77. The Kier molecular flexibility index (Phi) is 3.62. The van der Waals surface area contributed by atoms with Gasteiger partial charge in [0, 0.05) is 6.92 Å². The van der Waals surface area contributed by atoms with E-state index in [1.165, 1.54) is 6.92 Å². The van der Waals surface area contributed by atoms with Crippen LogP contribution in [0.1, 0.15) is 6.92 Å². The van der Waals surface area contributed by atoms with Gasteiger partial charge in [-0.1, -0.05) is 0 Å². The number of amides is 1. The van der Waals surface area contributed by atoms with Crippen molar-refractivity contribution < 1.29 is 14.7 Å². The molecule has 0 aromatic carbocycles. The van der Waals surface area contributed by atoms with Crippen LogP contribution in [0.25, 0.3) is 0 Å². The molecular weight excluding hydrogens is 122 g/mol. The van der Waals surface area contributed by atoms with Crippen LogP contribution in [-0.4, -0.2) is 29.9 Å². The Morgan fingerprint density at radius 1 is 1.89 bits per heavy atom. The second-order valence-corrected chi connectivity index (χ2v) is 1.63. The Labute approximate surface area is 52.9 Å². The Morgan fingerprint density at radius 3 is 2.56 bits per heavy atom. The van der Waals surface area contributed by atoms with E-state index in [1.54, 1.807) is 0 Å². The third kappa shape index (κ3) is 3.66. The Balaban J connectivity index is 3.55. The summed E-state index contributed by atoms with van der Waals surface area (Å²) in [5, 5.41) is 10.6. The largest absolute Gasteiger partial charge is 0.394 e. The summed E-state index contributed by atoms with van der Waals surface area (Å²) >= 11 is 0. The number of rotatable bonds is 3. The Bertz CT molecular complexity index is 113. The minimum absolute atomic E-state index is 0.318. The van der Waals surface area contributed by atoms with Gasteiger partial charge < -0.3 is 15.2 Å². The van der Waals surface area contributed by atoms with Gasteiger partial charge >= 0.3 is 0 Å². The van der Waals surface area contributed by atoms with E-state index >= 15 is 0 Å². The number of carbonyl (C=O) groups is 2. The highest BCUT2D eigenvalue weighted by Crippen LogP contribution is 1.73. The summed E-state index contributed by atoms with van der Waals surface area (Å²) in [5.74, 6) is -0.318. The molecule has 0 fully saturated rings. The number of nitrogens with one attached hydrogen (secondary N) is 1. The van der Waals surface area contributed by atoms with Gasteiger partial charge in [-0.2, -0.15) is 0 Å². The highest BCUT2D eigenvalue weighted by Gasteiger charge is 2.04. The maximum Gasteiger partial charge on any atom is 0.217 e. The first-order valence-corrected chi connectivity index (χ1v) is 2.54. The summed E-state index contributed by atoms with van der Waals surface area (Å²) in [6.45, 7) is 0.940. The van der Waals surface area contributed by atoms with Gasteiger partial charge in [-0.05, 0) is 0 Å². The van der Waals surface area contributed by atoms with Gasteiger partial charge in [0.05, 0.1) is 6.61 Å². The smallest absolute Gasteiger partial charge is 0.217 e. The molecule has 9 heavy (non-hydrogen) atoms. The molecule has 52 valence electrons. The van der Waals surface area contributed by atoms with E-state index in [4.69, 9.17) is 5.11 Å². The maximum absolute atomic E-state index is 10.2. The molecule has 0 bridgehead atoms. The average molecular weight is 131 g/mol. The van der Waals surface area contributed by atoms with E-state index in [1.807, 2.05) is 0 Å². The van der Waals surface area contributed by atoms with E-state index < -0.39 is 6.04 Å². The minimum atomic E-state index is -0.748. The summed E-state index contributed by atoms with van der Waals surface area (Å²) in [5.41, 5.74) is 0. The number of hydrogen-bond donors (Lipinski definition) is 2. The molecule has 0 aliphatic carbocycles. The topological polar surface area (TPSA) is 66.4 Å². The Hall–Kier alpha value is -0.900. The zero-order chi connectivity index (χ0) is 7.28. The summed E-state index contributed by atoms with van der Waals surface area (Å²) in [6.07, 6.45) is 0.488. The molecule has 0 unspecified atom stereocenters. The molecule has 0 saturated carbocycles. The van der Waals surface area contributed by atoms with E-state index in [-0.39, 0.29) is 12.5 Å². The average Bonchev–Trinajstić information content (AvgIpc) is 1.82. The van der Waals surface area contributed by atoms with Crippen LogP contribution >= 0.6 is 0 Å². The molecular formula is C5H9NO3. The second kappa shape index (κ2) is 4.03. The minimum Gasteiger partial charge on any atom is -0.394 e. The lowest BCUT2D eigenvalue weighted by molar-refractivity contribution is -0.122. The molecule has 0 aliphatic rings. The first-order valence-electron chi connectivity index (χ1n) is 2.54. The number of aliphatic hydroxyl groups is 1. The lowest BCUT2D eigenvalue weighted by Gasteiger charge is -2.05. The zero-order valence-electron chi connectivity index (χ0n) is 5.13. The first-order chi connectivity index (χ1) is 4.20. The molecule has 0 saturated heterocycles. The third-order valence-electron chi connectivity index (χ3n) is 0.750. The van der Waals surface area contributed by atoms with Crippen LogP contribution in [-0.2, 0) is 9.59 Å². The van der Waals surface area contributed by atoms with Crippen LogP contribution < -0.4 is 5.32 Å². The summed E-state index contributed by atoms with van der Waals surface area (Å²) in [6, 6.07) is -0.748. The SMILES string of the molecule is CC(=O)N[C@H](C=O)CO. The van der Waals surface area contributed by atoms with Gasteiger partial charge in [0.25, 0.3) is 0 Å². The summed E-state index contributed by atoms with van der Waals surface area (Å²) in [7, 11) is 0. The van der Waals surface area contributed by atoms with Crippen molar-refractivity contribution in [2.24, 2.45) is 0 Å². The van der Waals surface area contributed by atoms with E-state index in [9.17, 15) is 9.59 Å². The summed E-state index contributed by atoms with van der Waals surface area (Å²) in [4.78, 5) is 20.1. The molecule has 4 nitrogen and oxygen atoms in total. The van der Waals surface area contributed by atoms with Crippen molar-refractivity contribution in [2.75, 3.05) is 6.61 Å². The van der Waals surface area contributed by atoms with Gasteiger partial charge in [0.2, 0.25) is 5.91 Å². The number of aliphatic hydroxyl groups excluding tert-OH is 1. The van der Waals surface area contributed by atoms with Crippen molar-refractivity contribution in [1.29, 1.82) is 0 Å². The molecule has 0 heterocycles. The molecule has 0 spiro atoms. The maximum atomic E-state index is 10.2.